The van der Waals surface area contributed by atoms with Gasteiger partial charge in [-0.3, -0.25) is 25.0 Å². The van der Waals surface area contributed by atoms with Crippen LogP contribution in [-0.4, -0.2) is 50.2 Å². The fraction of sp³-hybridized carbons (Fsp3) is 0.100. The molecule has 0 fully saturated rings. The van der Waals surface area contributed by atoms with Gasteiger partial charge in [-0.1, -0.05) is 12.1 Å². The Bertz CT molecular complexity index is 1290. The maximum Gasteiger partial charge on any atom is 0.356 e. The number of carboxylic acid groups (broad SMARTS) is 1. The molecular weight excluding hydrogens is 424 g/mol. The molecule has 0 aliphatic carbocycles. The van der Waals surface area contributed by atoms with Crippen molar-refractivity contribution in [1.82, 2.24) is 9.78 Å². The van der Waals surface area contributed by atoms with Gasteiger partial charge in [0.05, 0.1) is 41.1 Å². The number of H-pyrrole nitrogens is 1. The molecule has 12 heteroatoms. The van der Waals surface area contributed by atoms with Crippen molar-refractivity contribution in [3.63, 3.8) is 0 Å². The first-order valence-electron chi connectivity index (χ1n) is 8.96. The van der Waals surface area contributed by atoms with Crippen molar-refractivity contribution in [2.75, 3.05) is 7.11 Å². The number of methoxy groups -OCH3 is 1. The fourth-order valence-electron chi connectivity index (χ4n) is 2.82. The number of aliphatic hydroxyl groups excluding tert-OH is 1. The molecule has 3 N–H and O–H groups in total. The molecule has 0 bridgehead atoms. The number of nitro groups is 1. The zero-order valence-electron chi connectivity index (χ0n) is 16.5. The molecule has 0 radical (unpaired) electrons. The highest BCUT2D eigenvalue weighted by Crippen LogP contribution is 2.24. The molecule has 1 aromatic heterocycles. The van der Waals surface area contributed by atoms with Crippen molar-refractivity contribution in [3.05, 3.63) is 85.3 Å². The minimum Gasteiger partial charge on any atom is -0.478 e. The number of nitrogens with zero attached hydrogens (tertiary/aromatic N) is 3. The van der Waals surface area contributed by atoms with E-state index in [4.69, 9.17) is 5.11 Å². The molecule has 0 aliphatic rings. The molecule has 2 aromatic carbocycles. The van der Waals surface area contributed by atoms with Gasteiger partial charge in [-0.25, -0.2) is 14.3 Å². The highest BCUT2D eigenvalue weighted by molar-refractivity contribution is 6.00. The van der Waals surface area contributed by atoms with Gasteiger partial charge in [-0.2, -0.15) is 0 Å². The number of carbonyl (C=O) groups is 2. The minimum atomic E-state index is -1.45. The van der Waals surface area contributed by atoms with Crippen LogP contribution in [0.5, 0.6) is 0 Å². The SMILES string of the molecule is COC(=O)c1[nH]n(-c2ccc(CO)cc2)c(=O)c1C=Nc1ccc([N+](=O)[O-])cc1C(=O)O. The number of hydrogen-bond acceptors (Lipinski definition) is 8. The van der Waals surface area contributed by atoms with Crippen LogP contribution in [0.1, 0.15) is 32.0 Å². The summed E-state index contributed by atoms with van der Waals surface area (Å²) < 4.78 is 5.75. The van der Waals surface area contributed by atoms with Gasteiger partial charge in [-0.15, -0.1) is 0 Å². The number of aliphatic imine (C=N–C) groups is 1. The van der Waals surface area contributed by atoms with E-state index in [1.807, 2.05) is 0 Å². The molecule has 32 heavy (non-hydrogen) atoms. The molecule has 12 nitrogen and oxygen atoms in total. The number of aromatic amines is 1. The first-order chi connectivity index (χ1) is 15.3. The number of carboxylic acids is 1. The summed E-state index contributed by atoms with van der Waals surface area (Å²) in [5, 5.41) is 32.0. The summed E-state index contributed by atoms with van der Waals surface area (Å²) in [4.78, 5) is 50.7. The molecule has 0 unspecified atom stereocenters. The number of aromatic nitrogens is 2. The Morgan fingerprint density at radius 3 is 2.50 bits per heavy atom. The molecule has 3 aromatic rings. The highest BCUT2D eigenvalue weighted by atomic mass is 16.6. The lowest BCUT2D eigenvalue weighted by Crippen LogP contribution is -2.17. The van der Waals surface area contributed by atoms with Gasteiger partial charge in [0.25, 0.3) is 11.2 Å². The van der Waals surface area contributed by atoms with E-state index < -0.39 is 33.7 Å². The minimum absolute atomic E-state index is 0.154. The average Bonchev–Trinajstić information content (AvgIpc) is 3.12. The van der Waals surface area contributed by atoms with Gasteiger partial charge in [0, 0.05) is 18.3 Å². The van der Waals surface area contributed by atoms with Crippen LogP contribution in [0.4, 0.5) is 11.4 Å². The van der Waals surface area contributed by atoms with E-state index in [1.165, 1.54) is 0 Å². The first-order valence-corrected chi connectivity index (χ1v) is 8.96. The highest BCUT2D eigenvalue weighted by Gasteiger charge is 2.21. The normalized spacial score (nSPS) is 10.9. The second-order valence-corrected chi connectivity index (χ2v) is 6.38. The van der Waals surface area contributed by atoms with Crippen LogP contribution in [0.25, 0.3) is 5.69 Å². The predicted molar refractivity (Wildman–Crippen MR) is 111 cm³/mol. The van der Waals surface area contributed by atoms with Crippen molar-refractivity contribution < 1.29 is 29.5 Å². The smallest absolute Gasteiger partial charge is 0.356 e. The van der Waals surface area contributed by atoms with Crippen LogP contribution in [0, 0.1) is 10.1 Å². The Labute approximate surface area is 179 Å². The number of non-ortho nitro benzene ring substituents is 1. The lowest BCUT2D eigenvalue weighted by atomic mass is 10.1. The number of benzene rings is 2. The van der Waals surface area contributed by atoms with E-state index >= 15 is 0 Å². The lowest BCUT2D eigenvalue weighted by Gasteiger charge is -2.02. The molecule has 0 saturated heterocycles. The van der Waals surface area contributed by atoms with Crippen LogP contribution in [0.2, 0.25) is 0 Å². The van der Waals surface area contributed by atoms with E-state index in [0.717, 1.165) is 36.2 Å². The van der Waals surface area contributed by atoms with Crippen molar-refractivity contribution in [2.45, 2.75) is 6.61 Å². The number of nitro benzene ring substituents is 1. The standard InChI is InChI=1S/C20H16N4O8/c1-32-20(29)17-15(18(26)23(22-17)12-4-2-11(10-25)3-5-12)9-21-16-7-6-13(24(30)31)8-14(16)19(27)28/h2-9,22,25H,10H2,1H3,(H,27,28). The van der Waals surface area contributed by atoms with Gasteiger partial charge in [0.2, 0.25) is 0 Å². The fourth-order valence-corrected chi connectivity index (χ4v) is 2.82. The van der Waals surface area contributed by atoms with Gasteiger partial charge in [0.15, 0.2) is 5.69 Å². The maximum absolute atomic E-state index is 12.9. The summed E-state index contributed by atoms with van der Waals surface area (Å²) in [5.41, 5.74) is -1.19. The van der Waals surface area contributed by atoms with Gasteiger partial charge in [0.1, 0.15) is 0 Å². The number of aromatic carboxylic acids is 1. The predicted octanol–water partition coefficient (Wildman–Crippen LogP) is 1.80. The number of esters is 1. The van der Waals surface area contributed by atoms with Crippen molar-refractivity contribution in [1.29, 1.82) is 0 Å². The largest absolute Gasteiger partial charge is 0.478 e. The molecular formula is C20H16N4O8. The molecule has 3 rings (SSSR count). The zero-order valence-corrected chi connectivity index (χ0v) is 16.5. The molecule has 0 atom stereocenters. The number of rotatable bonds is 7. The van der Waals surface area contributed by atoms with E-state index in [-0.39, 0.29) is 23.6 Å². The third-order valence-electron chi connectivity index (χ3n) is 4.45. The summed E-state index contributed by atoms with van der Waals surface area (Å²) >= 11 is 0. The van der Waals surface area contributed by atoms with Crippen molar-refractivity contribution >= 4 is 29.5 Å². The Morgan fingerprint density at radius 2 is 1.94 bits per heavy atom. The van der Waals surface area contributed by atoms with Crippen LogP contribution in [0.15, 0.2) is 52.3 Å². The van der Waals surface area contributed by atoms with E-state index in [2.05, 4.69) is 14.8 Å². The van der Waals surface area contributed by atoms with Gasteiger partial charge < -0.3 is 14.9 Å². The average molecular weight is 440 g/mol. The Balaban J connectivity index is 2.11. The third-order valence-corrected chi connectivity index (χ3v) is 4.45. The van der Waals surface area contributed by atoms with Crippen LogP contribution < -0.4 is 5.56 Å². The molecule has 0 saturated carbocycles. The Morgan fingerprint density at radius 1 is 1.25 bits per heavy atom. The third kappa shape index (κ3) is 4.29. The number of aliphatic hydroxyl groups is 1. The summed E-state index contributed by atoms with van der Waals surface area (Å²) in [6.45, 7) is -0.188. The number of ether oxygens (including phenoxy) is 1. The van der Waals surface area contributed by atoms with Gasteiger partial charge >= 0.3 is 11.9 Å². The van der Waals surface area contributed by atoms with E-state index in [0.29, 0.717) is 11.3 Å². The topological polar surface area (TPSA) is 177 Å². The van der Waals surface area contributed by atoms with E-state index in [1.54, 1.807) is 24.3 Å². The number of hydrogen-bond donors (Lipinski definition) is 3. The van der Waals surface area contributed by atoms with Crippen LogP contribution in [-0.2, 0) is 11.3 Å². The number of carbonyl (C=O) groups excluding carboxylic acids is 1. The molecule has 1 heterocycles. The Kier molecular flexibility index (Phi) is 6.26. The molecule has 0 amide bonds. The first kappa shape index (κ1) is 22.1. The summed E-state index contributed by atoms with van der Waals surface area (Å²) in [6.07, 6.45) is 0.983. The summed E-state index contributed by atoms with van der Waals surface area (Å²) in [5.74, 6) is -2.32. The van der Waals surface area contributed by atoms with E-state index in [9.17, 15) is 29.6 Å². The van der Waals surface area contributed by atoms with Crippen LogP contribution >= 0.6 is 0 Å². The molecule has 164 valence electrons. The monoisotopic (exact) mass is 440 g/mol. The second kappa shape index (κ2) is 9.06. The van der Waals surface area contributed by atoms with Crippen molar-refractivity contribution in [3.8, 4) is 5.69 Å². The van der Waals surface area contributed by atoms with Gasteiger partial charge in [-0.05, 0) is 23.8 Å². The summed E-state index contributed by atoms with van der Waals surface area (Å²) in [6, 6.07) is 9.30. The second-order valence-electron chi connectivity index (χ2n) is 6.38. The quantitative estimate of drug-likeness (QED) is 0.215. The molecule has 0 spiro atoms. The lowest BCUT2D eigenvalue weighted by molar-refractivity contribution is -0.384. The van der Waals surface area contributed by atoms with Crippen LogP contribution in [0.3, 0.4) is 0 Å². The Hall–Kier alpha value is -4.58. The maximum atomic E-state index is 12.9. The zero-order chi connectivity index (χ0) is 23.4. The molecule has 0 aliphatic heterocycles. The summed E-state index contributed by atoms with van der Waals surface area (Å²) in [7, 11) is 1.12. The van der Waals surface area contributed by atoms with Crippen molar-refractivity contribution in [2.24, 2.45) is 4.99 Å². The number of nitrogens with one attached hydrogen (secondary N) is 1.